The zero-order valence-electron chi connectivity index (χ0n) is 14.8. The molecule has 27 heavy (non-hydrogen) atoms. The molecule has 0 saturated carbocycles. The van der Waals surface area contributed by atoms with E-state index >= 15 is 0 Å². The van der Waals surface area contributed by atoms with E-state index in [4.69, 9.17) is 12.2 Å². The van der Waals surface area contributed by atoms with Crippen molar-refractivity contribution in [1.29, 1.82) is 0 Å². The highest BCUT2D eigenvalue weighted by molar-refractivity contribution is 7.80. The van der Waals surface area contributed by atoms with Gasteiger partial charge in [-0.25, -0.2) is 9.80 Å². The number of aromatic carboxylic acids is 1. The summed E-state index contributed by atoms with van der Waals surface area (Å²) in [6.07, 6.45) is 7.19. The van der Waals surface area contributed by atoms with E-state index in [0.29, 0.717) is 17.2 Å². The molecule has 0 amide bonds. The first-order valence-electron chi connectivity index (χ1n) is 8.36. The summed E-state index contributed by atoms with van der Waals surface area (Å²) in [5.74, 6) is -0.931. The SMILES string of the molecule is C=Cc1ccc(CN(N=Cc2ccc(C(=O)O)c3c2C=C3)C(=S)NC)cc1. The summed E-state index contributed by atoms with van der Waals surface area (Å²) in [6, 6.07) is 11.4. The smallest absolute Gasteiger partial charge is 0.336 e. The topological polar surface area (TPSA) is 64.9 Å². The van der Waals surface area contributed by atoms with Crippen LogP contribution in [0.1, 0.15) is 38.2 Å². The fourth-order valence-electron chi connectivity index (χ4n) is 2.75. The Kier molecular flexibility index (Phi) is 5.47. The number of carboxylic acids is 1. The first-order chi connectivity index (χ1) is 13.0. The van der Waals surface area contributed by atoms with Crippen LogP contribution in [0.3, 0.4) is 0 Å². The maximum atomic E-state index is 11.3. The first kappa shape index (κ1) is 18.5. The van der Waals surface area contributed by atoms with Crippen molar-refractivity contribution in [2.24, 2.45) is 5.10 Å². The predicted molar refractivity (Wildman–Crippen MR) is 114 cm³/mol. The van der Waals surface area contributed by atoms with Crippen molar-refractivity contribution in [2.45, 2.75) is 6.54 Å². The van der Waals surface area contributed by atoms with Gasteiger partial charge in [-0.05, 0) is 40.5 Å². The van der Waals surface area contributed by atoms with Gasteiger partial charge in [0.2, 0.25) is 0 Å². The predicted octanol–water partition coefficient (Wildman–Crippen LogP) is 3.85. The van der Waals surface area contributed by atoms with Crippen molar-refractivity contribution in [1.82, 2.24) is 10.3 Å². The van der Waals surface area contributed by atoms with Crippen LogP contribution in [0.4, 0.5) is 0 Å². The monoisotopic (exact) mass is 377 g/mol. The Balaban J connectivity index is 1.83. The average Bonchev–Trinajstić information content (AvgIpc) is 2.65. The number of fused-ring (bicyclic) bond motifs is 1. The molecule has 2 aromatic rings. The molecular formula is C21H19N3O2S. The summed E-state index contributed by atoms with van der Waals surface area (Å²) < 4.78 is 0. The second kappa shape index (κ2) is 7.97. The largest absolute Gasteiger partial charge is 0.478 e. The number of nitrogens with one attached hydrogen (secondary N) is 1. The number of carbonyl (C=O) groups is 1. The Morgan fingerprint density at radius 2 is 1.93 bits per heavy atom. The molecule has 2 N–H and O–H groups in total. The van der Waals surface area contributed by atoms with Gasteiger partial charge in [0, 0.05) is 12.6 Å². The van der Waals surface area contributed by atoms with Gasteiger partial charge in [0.1, 0.15) is 0 Å². The van der Waals surface area contributed by atoms with Gasteiger partial charge in [-0.15, -0.1) is 0 Å². The number of hydrogen-bond donors (Lipinski definition) is 2. The standard InChI is InChI=1S/C21H19N3O2S/c1-3-14-4-6-15(7-5-14)13-24(21(27)22-2)23-12-16-8-9-19(20(25)26)18-11-10-17(16)18/h3-12H,1,13H2,2H3,(H,22,27)(H,25,26). The molecule has 3 rings (SSSR count). The fraction of sp³-hybridized carbons (Fsp3) is 0.0952. The molecule has 0 saturated heterocycles. The molecule has 1 aliphatic carbocycles. The Bertz CT molecular complexity index is 962. The van der Waals surface area contributed by atoms with Crippen molar-refractivity contribution in [3.63, 3.8) is 0 Å². The minimum atomic E-state index is -0.931. The Labute approximate surface area is 163 Å². The van der Waals surface area contributed by atoms with Gasteiger partial charge in [-0.2, -0.15) is 5.10 Å². The summed E-state index contributed by atoms with van der Waals surface area (Å²) >= 11 is 5.36. The molecular weight excluding hydrogens is 358 g/mol. The number of carboxylic acid groups (broad SMARTS) is 1. The normalized spacial score (nSPS) is 11.6. The van der Waals surface area contributed by atoms with E-state index < -0.39 is 5.97 Å². The number of benzene rings is 2. The van der Waals surface area contributed by atoms with Crippen LogP contribution < -0.4 is 5.32 Å². The zero-order chi connectivity index (χ0) is 19.4. The maximum absolute atomic E-state index is 11.3. The molecule has 6 heteroatoms. The van der Waals surface area contributed by atoms with Crippen LogP contribution in [0.25, 0.3) is 18.2 Å². The molecule has 0 radical (unpaired) electrons. The van der Waals surface area contributed by atoms with Crippen LogP contribution in [0, 0.1) is 0 Å². The highest BCUT2D eigenvalue weighted by Gasteiger charge is 2.18. The van der Waals surface area contributed by atoms with E-state index in [2.05, 4.69) is 17.0 Å². The fourth-order valence-corrected chi connectivity index (χ4v) is 2.86. The van der Waals surface area contributed by atoms with Gasteiger partial charge in [0.15, 0.2) is 5.11 Å². The summed E-state index contributed by atoms with van der Waals surface area (Å²) in [7, 11) is 1.75. The number of thiocarbonyl (C=S) groups is 1. The van der Waals surface area contributed by atoms with Gasteiger partial charge in [-0.1, -0.05) is 55.1 Å². The number of hydrogen-bond acceptors (Lipinski definition) is 3. The molecule has 0 unspecified atom stereocenters. The Morgan fingerprint density at radius 3 is 2.48 bits per heavy atom. The van der Waals surface area contributed by atoms with Gasteiger partial charge < -0.3 is 10.4 Å². The van der Waals surface area contributed by atoms with E-state index in [-0.39, 0.29) is 0 Å². The lowest BCUT2D eigenvalue weighted by molar-refractivity contribution is 0.0696. The summed E-state index contributed by atoms with van der Waals surface area (Å²) in [5, 5.41) is 18.9. The van der Waals surface area contributed by atoms with E-state index in [1.165, 1.54) is 0 Å². The van der Waals surface area contributed by atoms with Crippen molar-refractivity contribution in [3.8, 4) is 0 Å². The second-order valence-corrected chi connectivity index (χ2v) is 6.36. The van der Waals surface area contributed by atoms with Crippen LogP contribution in [0.2, 0.25) is 0 Å². The number of rotatable bonds is 6. The lowest BCUT2D eigenvalue weighted by Gasteiger charge is -2.20. The first-order valence-corrected chi connectivity index (χ1v) is 8.77. The van der Waals surface area contributed by atoms with Gasteiger partial charge in [0.25, 0.3) is 0 Å². The molecule has 0 heterocycles. The third kappa shape index (κ3) is 3.96. The summed E-state index contributed by atoms with van der Waals surface area (Å²) in [6.45, 7) is 4.27. The highest BCUT2D eigenvalue weighted by Crippen LogP contribution is 2.30. The maximum Gasteiger partial charge on any atom is 0.336 e. The average molecular weight is 377 g/mol. The lowest BCUT2D eigenvalue weighted by Crippen LogP contribution is -2.33. The van der Waals surface area contributed by atoms with Gasteiger partial charge in [0.05, 0.1) is 18.3 Å². The van der Waals surface area contributed by atoms with Crippen LogP contribution in [0.15, 0.2) is 48.1 Å². The van der Waals surface area contributed by atoms with Crippen molar-refractivity contribution in [2.75, 3.05) is 7.05 Å². The summed E-state index contributed by atoms with van der Waals surface area (Å²) in [5.41, 5.74) is 4.87. The second-order valence-electron chi connectivity index (χ2n) is 5.97. The van der Waals surface area contributed by atoms with Crippen LogP contribution in [-0.2, 0) is 6.54 Å². The zero-order valence-corrected chi connectivity index (χ0v) is 15.7. The molecule has 0 bridgehead atoms. The number of hydrazone groups is 1. The van der Waals surface area contributed by atoms with Crippen LogP contribution in [-0.4, -0.2) is 34.5 Å². The molecule has 1 aliphatic rings. The molecule has 5 nitrogen and oxygen atoms in total. The molecule has 136 valence electrons. The Morgan fingerprint density at radius 1 is 1.22 bits per heavy atom. The van der Waals surface area contributed by atoms with Crippen LogP contribution >= 0.6 is 12.2 Å². The number of nitrogens with zero attached hydrogens (tertiary/aromatic N) is 2. The molecule has 2 aromatic carbocycles. The quantitative estimate of drug-likeness (QED) is 0.388. The van der Waals surface area contributed by atoms with Crippen LogP contribution in [0.5, 0.6) is 0 Å². The van der Waals surface area contributed by atoms with E-state index in [1.54, 1.807) is 42.6 Å². The van der Waals surface area contributed by atoms with Gasteiger partial charge >= 0.3 is 5.97 Å². The van der Waals surface area contributed by atoms with Crippen molar-refractivity contribution < 1.29 is 9.90 Å². The molecule has 0 atom stereocenters. The van der Waals surface area contributed by atoms with Gasteiger partial charge in [-0.3, -0.25) is 0 Å². The Hall–Kier alpha value is -3.25. The molecule has 0 fully saturated rings. The van der Waals surface area contributed by atoms with Crippen molar-refractivity contribution >= 4 is 47.7 Å². The minimum Gasteiger partial charge on any atom is -0.478 e. The lowest BCUT2D eigenvalue weighted by atomic mass is 9.89. The minimum absolute atomic E-state index is 0.301. The molecule has 0 spiro atoms. The van der Waals surface area contributed by atoms with E-state index in [9.17, 15) is 9.90 Å². The highest BCUT2D eigenvalue weighted by atomic mass is 32.1. The third-order valence-corrected chi connectivity index (χ3v) is 4.72. The van der Waals surface area contributed by atoms with Crippen molar-refractivity contribution in [3.05, 3.63) is 76.4 Å². The van der Waals surface area contributed by atoms with E-state index in [1.807, 2.05) is 30.3 Å². The summed E-state index contributed by atoms with van der Waals surface area (Å²) in [4.78, 5) is 11.3. The van der Waals surface area contributed by atoms with E-state index in [0.717, 1.165) is 27.8 Å². The molecule has 0 aromatic heterocycles. The third-order valence-electron chi connectivity index (χ3n) is 4.30. The molecule has 0 aliphatic heterocycles.